The van der Waals surface area contributed by atoms with Gasteiger partial charge in [0.15, 0.2) is 0 Å². The summed E-state index contributed by atoms with van der Waals surface area (Å²) in [6, 6.07) is 5.97. The second kappa shape index (κ2) is 7.20. The number of rotatable bonds is 6. The van der Waals surface area contributed by atoms with Gasteiger partial charge in [0.2, 0.25) is 0 Å². The Bertz CT molecular complexity index is 545. The van der Waals surface area contributed by atoms with E-state index in [1.54, 1.807) is 0 Å². The monoisotopic (exact) mass is 290 g/mol. The maximum absolute atomic E-state index is 6.18. The number of nitrogens with zero attached hydrogens (tertiary/aromatic N) is 4. The van der Waals surface area contributed by atoms with E-state index in [-0.39, 0.29) is 0 Å². The van der Waals surface area contributed by atoms with Crippen LogP contribution in [0.2, 0.25) is 5.15 Å². The molecule has 0 saturated heterocycles. The summed E-state index contributed by atoms with van der Waals surface area (Å²) in [5, 5.41) is 0.557. The SMILES string of the molecule is CCCc1c(Cl)ncnc1N(C)CCc1ccccn1. The quantitative estimate of drug-likeness (QED) is 0.767. The second-order valence-electron chi connectivity index (χ2n) is 4.71. The Morgan fingerprint density at radius 1 is 1.15 bits per heavy atom. The highest BCUT2D eigenvalue weighted by Gasteiger charge is 2.13. The molecule has 0 fully saturated rings. The molecule has 106 valence electrons. The van der Waals surface area contributed by atoms with Crippen LogP contribution in [0.5, 0.6) is 0 Å². The first-order valence-electron chi connectivity index (χ1n) is 6.82. The Hall–Kier alpha value is -1.68. The van der Waals surface area contributed by atoms with Gasteiger partial charge in [-0.15, -0.1) is 0 Å². The van der Waals surface area contributed by atoms with Gasteiger partial charge in [-0.3, -0.25) is 4.98 Å². The van der Waals surface area contributed by atoms with E-state index in [0.29, 0.717) is 5.15 Å². The first-order valence-corrected chi connectivity index (χ1v) is 7.20. The number of likely N-dealkylation sites (N-methyl/N-ethyl adjacent to an activating group) is 1. The van der Waals surface area contributed by atoms with E-state index >= 15 is 0 Å². The lowest BCUT2D eigenvalue weighted by atomic mass is 10.1. The second-order valence-corrected chi connectivity index (χ2v) is 5.07. The van der Waals surface area contributed by atoms with Gasteiger partial charge in [-0.05, 0) is 18.6 Å². The van der Waals surface area contributed by atoms with Crippen molar-refractivity contribution in [3.8, 4) is 0 Å². The molecule has 0 aromatic carbocycles. The van der Waals surface area contributed by atoms with Crippen molar-refractivity contribution in [1.29, 1.82) is 0 Å². The Morgan fingerprint density at radius 3 is 2.70 bits per heavy atom. The molecule has 0 atom stereocenters. The van der Waals surface area contributed by atoms with Gasteiger partial charge >= 0.3 is 0 Å². The molecule has 5 heteroatoms. The number of aromatic nitrogens is 3. The minimum absolute atomic E-state index is 0.557. The summed E-state index contributed by atoms with van der Waals surface area (Å²) in [5.41, 5.74) is 2.11. The van der Waals surface area contributed by atoms with Gasteiger partial charge in [-0.1, -0.05) is 31.0 Å². The van der Waals surface area contributed by atoms with Crippen molar-refractivity contribution in [3.63, 3.8) is 0 Å². The Kier molecular flexibility index (Phi) is 5.30. The lowest BCUT2D eigenvalue weighted by molar-refractivity contribution is 0.813. The fourth-order valence-electron chi connectivity index (χ4n) is 2.11. The molecule has 0 saturated carbocycles. The van der Waals surface area contributed by atoms with Crippen molar-refractivity contribution >= 4 is 17.4 Å². The number of halogens is 1. The van der Waals surface area contributed by atoms with Gasteiger partial charge < -0.3 is 4.90 Å². The highest BCUT2D eigenvalue weighted by molar-refractivity contribution is 6.30. The number of anilines is 1. The Balaban J connectivity index is 2.09. The zero-order chi connectivity index (χ0) is 14.4. The van der Waals surface area contributed by atoms with Crippen LogP contribution >= 0.6 is 11.6 Å². The molecule has 2 aromatic rings. The molecule has 20 heavy (non-hydrogen) atoms. The molecular weight excluding hydrogens is 272 g/mol. The summed E-state index contributed by atoms with van der Waals surface area (Å²) in [6.07, 6.45) is 6.13. The summed E-state index contributed by atoms with van der Waals surface area (Å²) in [5.74, 6) is 0.919. The van der Waals surface area contributed by atoms with Crippen LogP contribution in [0, 0.1) is 0 Å². The van der Waals surface area contributed by atoms with Crippen LogP contribution in [-0.2, 0) is 12.8 Å². The molecule has 4 nitrogen and oxygen atoms in total. The van der Waals surface area contributed by atoms with Crippen LogP contribution in [0.15, 0.2) is 30.7 Å². The number of hydrogen-bond donors (Lipinski definition) is 0. The van der Waals surface area contributed by atoms with Crippen LogP contribution in [0.25, 0.3) is 0 Å². The fraction of sp³-hybridized carbons (Fsp3) is 0.400. The maximum Gasteiger partial charge on any atom is 0.137 e. The predicted octanol–water partition coefficient (Wildman–Crippen LogP) is 3.16. The van der Waals surface area contributed by atoms with Gasteiger partial charge in [-0.2, -0.15) is 0 Å². The van der Waals surface area contributed by atoms with Crippen molar-refractivity contribution in [3.05, 3.63) is 47.1 Å². The highest BCUT2D eigenvalue weighted by atomic mass is 35.5. The molecule has 0 amide bonds. The Labute approximate surface area is 124 Å². The van der Waals surface area contributed by atoms with Crippen LogP contribution in [-0.4, -0.2) is 28.5 Å². The molecule has 2 heterocycles. The van der Waals surface area contributed by atoms with E-state index in [4.69, 9.17) is 11.6 Å². The zero-order valence-corrected chi connectivity index (χ0v) is 12.6. The van der Waals surface area contributed by atoms with Crippen molar-refractivity contribution < 1.29 is 0 Å². The first-order chi connectivity index (χ1) is 9.72. The van der Waals surface area contributed by atoms with Crippen LogP contribution in [0.1, 0.15) is 24.6 Å². The number of pyridine rings is 1. The van der Waals surface area contributed by atoms with Crippen molar-refractivity contribution in [2.45, 2.75) is 26.2 Å². The molecular formula is C15H19ClN4. The predicted molar refractivity (Wildman–Crippen MR) is 82.2 cm³/mol. The molecule has 0 radical (unpaired) electrons. The standard InChI is InChI=1S/C15H19ClN4/c1-3-6-13-14(16)18-11-19-15(13)20(2)10-8-12-7-4-5-9-17-12/h4-5,7,9,11H,3,6,8,10H2,1-2H3. The molecule has 0 bridgehead atoms. The van der Waals surface area contributed by atoms with Gasteiger partial charge in [0, 0.05) is 37.5 Å². The summed E-state index contributed by atoms with van der Waals surface area (Å²) >= 11 is 6.18. The molecule has 0 N–H and O–H groups in total. The van der Waals surface area contributed by atoms with Crippen molar-refractivity contribution in [2.24, 2.45) is 0 Å². The maximum atomic E-state index is 6.18. The van der Waals surface area contributed by atoms with Gasteiger partial charge in [0.25, 0.3) is 0 Å². The average molecular weight is 291 g/mol. The topological polar surface area (TPSA) is 41.9 Å². The lowest BCUT2D eigenvalue weighted by Crippen LogP contribution is -2.23. The van der Waals surface area contributed by atoms with Gasteiger partial charge in [-0.25, -0.2) is 9.97 Å². The highest BCUT2D eigenvalue weighted by Crippen LogP contribution is 2.24. The molecule has 0 aliphatic rings. The molecule has 2 rings (SSSR count). The molecule has 0 aliphatic carbocycles. The lowest BCUT2D eigenvalue weighted by Gasteiger charge is -2.21. The van der Waals surface area contributed by atoms with E-state index < -0.39 is 0 Å². The van der Waals surface area contributed by atoms with Crippen molar-refractivity contribution in [1.82, 2.24) is 15.0 Å². The smallest absolute Gasteiger partial charge is 0.137 e. The van der Waals surface area contributed by atoms with E-state index in [1.165, 1.54) is 6.33 Å². The van der Waals surface area contributed by atoms with E-state index in [9.17, 15) is 0 Å². The summed E-state index contributed by atoms with van der Waals surface area (Å²) in [4.78, 5) is 14.9. The summed E-state index contributed by atoms with van der Waals surface area (Å²) in [7, 11) is 2.03. The third-order valence-electron chi connectivity index (χ3n) is 3.16. The normalized spacial score (nSPS) is 10.6. The third-order valence-corrected chi connectivity index (χ3v) is 3.49. The minimum atomic E-state index is 0.557. The van der Waals surface area contributed by atoms with Gasteiger partial charge in [0.1, 0.15) is 17.3 Å². The Morgan fingerprint density at radius 2 is 2.00 bits per heavy atom. The average Bonchev–Trinajstić information content (AvgIpc) is 2.48. The largest absolute Gasteiger partial charge is 0.359 e. The first kappa shape index (κ1) is 14.7. The molecule has 0 unspecified atom stereocenters. The van der Waals surface area contributed by atoms with Gasteiger partial charge in [0.05, 0.1) is 0 Å². The number of hydrogen-bond acceptors (Lipinski definition) is 4. The summed E-state index contributed by atoms with van der Waals surface area (Å²) < 4.78 is 0. The molecule has 0 aliphatic heterocycles. The molecule has 0 spiro atoms. The van der Waals surface area contributed by atoms with E-state index in [1.807, 2.05) is 31.4 Å². The van der Waals surface area contributed by atoms with Crippen LogP contribution in [0.4, 0.5) is 5.82 Å². The third kappa shape index (κ3) is 3.67. The van der Waals surface area contributed by atoms with E-state index in [0.717, 1.165) is 42.9 Å². The summed E-state index contributed by atoms with van der Waals surface area (Å²) in [6.45, 7) is 2.97. The fourth-order valence-corrected chi connectivity index (χ4v) is 2.33. The minimum Gasteiger partial charge on any atom is -0.359 e. The van der Waals surface area contributed by atoms with E-state index in [2.05, 4.69) is 26.8 Å². The van der Waals surface area contributed by atoms with Crippen LogP contribution < -0.4 is 4.90 Å². The van der Waals surface area contributed by atoms with Crippen molar-refractivity contribution in [2.75, 3.05) is 18.5 Å². The van der Waals surface area contributed by atoms with Crippen LogP contribution in [0.3, 0.4) is 0 Å². The zero-order valence-electron chi connectivity index (χ0n) is 11.9. The molecule has 2 aromatic heterocycles.